The van der Waals surface area contributed by atoms with E-state index in [1.807, 2.05) is 20.8 Å². The third-order valence-electron chi connectivity index (χ3n) is 1.90. The first kappa shape index (κ1) is 12.5. The van der Waals surface area contributed by atoms with Crippen LogP contribution in [0.4, 0.5) is 4.39 Å². The molecule has 0 aliphatic heterocycles. The molecular weight excluding hydrogens is 209 g/mol. The van der Waals surface area contributed by atoms with Gasteiger partial charge in [-0.2, -0.15) is 0 Å². The van der Waals surface area contributed by atoms with Crippen LogP contribution >= 0.6 is 0 Å². The molecule has 0 aromatic heterocycles. The van der Waals surface area contributed by atoms with Crippen molar-refractivity contribution in [3.05, 3.63) is 29.6 Å². The molecular formula is C12H16FNO2. The van der Waals surface area contributed by atoms with Gasteiger partial charge in [0.1, 0.15) is 0 Å². The Kier molecular flexibility index (Phi) is 3.52. The number of carbonyl (C=O) groups excluding carboxylic acids is 1. The Morgan fingerprint density at radius 1 is 1.38 bits per heavy atom. The molecule has 0 heterocycles. The predicted molar refractivity (Wildman–Crippen MR) is 60.2 cm³/mol. The SMILES string of the molecule is COc1ccc(C(=O)NC(C)(C)C)cc1F. The number of halogens is 1. The Bertz CT molecular complexity index is 396. The molecule has 0 bridgehead atoms. The molecule has 1 aromatic rings. The molecule has 1 amide bonds. The van der Waals surface area contributed by atoms with Gasteiger partial charge in [-0.3, -0.25) is 4.79 Å². The molecule has 0 spiro atoms. The summed E-state index contributed by atoms with van der Waals surface area (Å²) in [5.41, 5.74) is -0.0544. The van der Waals surface area contributed by atoms with Gasteiger partial charge in [0.05, 0.1) is 7.11 Å². The summed E-state index contributed by atoms with van der Waals surface area (Å²) >= 11 is 0. The molecule has 4 heteroatoms. The van der Waals surface area contributed by atoms with E-state index in [1.54, 1.807) is 0 Å². The first-order chi connectivity index (χ1) is 7.33. The van der Waals surface area contributed by atoms with E-state index in [2.05, 4.69) is 5.32 Å². The fraction of sp³-hybridized carbons (Fsp3) is 0.417. The lowest BCUT2D eigenvalue weighted by molar-refractivity contribution is 0.0919. The Morgan fingerprint density at radius 2 is 2.00 bits per heavy atom. The summed E-state index contributed by atoms with van der Waals surface area (Å²) in [6, 6.07) is 4.13. The van der Waals surface area contributed by atoms with Gasteiger partial charge in [-0.1, -0.05) is 0 Å². The minimum Gasteiger partial charge on any atom is -0.494 e. The third-order valence-corrected chi connectivity index (χ3v) is 1.90. The molecule has 0 aliphatic carbocycles. The van der Waals surface area contributed by atoms with Gasteiger partial charge in [0.25, 0.3) is 5.91 Å². The van der Waals surface area contributed by atoms with Gasteiger partial charge in [0, 0.05) is 11.1 Å². The van der Waals surface area contributed by atoms with E-state index in [1.165, 1.54) is 25.3 Å². The second kappa shape index (κ2) is 4.51. The van der Waals surface area contributed by atoms with E-state index in [0.717, 1.165) is 0 Å². The highest BCUT2D eigenvalue weighted by Crippen LogP contribution is 2.18. The predicted octanol–water partition coefficient (Wildman–Crippen LogP) is 2.36. The minimum absolute atomic E-state index is 0.132. The van der Waals surface area contributed by atoms with Crippen LogP contribution in [0.1, 0.15) is 31.1 Å². The fourth-order valence-corrected chi connectivity index (χ4v) is 1.22. The average molecular weight is 225 g/mol. The maximum absolute atomic E-state index is 13.3. The highest BCUT2D eigenvalue weighted by atomic mass is 19.1. The molecule has 0 unspecified atom stereocenters. The Labute approximate surface area is 94.6 Å². The number of hydrogen-bond acceptors (Lipinski definition) is 2. The number of rotatable bonds is 2. The summed E-state index contributed by atoms with van der Waals surface area (Å²) in [6.45, 7) is 5.60. The molecule has 0 aliphatic rings. The normalized spacial score (nSPS) is 11.1. The molecule has 0 saturated carbocycles. The molecule has 16 heavy (non-hydrogen) atoms. The molecule has 1 rings (SSSR count). The number of nitrogens with one attached hydrogen (secondary N) is 1. The quantitative estimate of drug-likeness (QED) is 0.839. The largest absolute Gasteiger partial charge is 0.494 e. The molecule has 0 radical (unpaired) electrons. The van der Waals surface area contributed by atoms with Crippen LogP contribution in [-0.2, 0) is 0 Å². The lowest BCUT2D eigenvalue weighted by atomic mass is 10.1. The summed E-state index contributed by atoms with van der Waals surface area (Å²) in [7, 11) is 1.38. The maximum atomic E-state index is 13.3. The monoisotopic (exact) mass is 225 g/mol. The van der Waals surface area contributed by atoms with E-state index in [4.69, 9.17) is 4.74 Å². The zero-order valence-electron chi connectivity index (χ0n) is 9.93. The highest BCUT2D eigenvalue weighted by Gasteiger charge is 2.16. The first-order valence-corrected chi connectivity index (χ1v) is 4.99. The number of amides is 1. The van der Waals surface area contributed by atoms with E-state index < -0.39 is 5.82 Å². The standard InChI is InChI=1S/C12H16FNO2/c1-12(2,3)14-11(15)8-5-6-10(16-4)9(13)7-8/h5-7H,1-4H3,(H,14,15). The Hall–Kier alpha value is -1.58. The molecule has 88 valence electrons. The fourth-order valence-electron chi connectivity index (χ4n) is 1.22. The highest BCUT2D eigenvalue weighted by molar-refractivity contribution is 5.94. The van der Waals surface area contributed by atoms with Crippen molar-refractivity contribution in [2.24, 2.45) is 0 Å². The number of methoxy groups -OCH3 is 1. The summed E-state index contributed by atoms with van der Waals surface area (Å²) in [5, 5.41) is 2.75. The van der Waals surface area contributed by atoms with Gasteiger partial charge in [-0.15, -0.1) is 0 Å². The van der Waals surface area contributed by atoms with E-state index in [-0.39, 0.29) is 22.8 Å². The van der Waals surface area contributed by atoms with Crippen LogP contribution in [0.2, 0.25) is 0 Å². The smallest absolute Gasteiger partial charge is 0.251 e. The van der Waals surface area contributed by atoms with Crippen LogP contribution < -0.4 is 10.1 Å². The molecule has 1 N–H and O–H groups in total. The van der Waals surface area contributed by atoms with Crippen LogP contribution in [0, 0.1) is 5.82 Å². The topological polar surface area (TPSA) is 38.3 Å². The second-order valence-corrected chi connectivity index (χ2v) is 4.55. The second-order valence-electron chi connectivity index (χ2n) is 4.55. The maximum Gasteiger partial charge on any atom is 0.251 e. The molecule has 1 aromatic carbocycles. The number of benzene rings is 1. The van der Waals surface area contributed by atoms with Gasteiger partial charge in [0.15, 0.2) is 11.6 Å². The van der Waals surface area contributed by atoms with Crippen molar-refractivity contribution in [2.75, 3.05) is 7.11 Å². The molecule has 0 atom stereocenters. The van der Waals surface area contributed by atoms with Crippen molar-refractivity contribution >= 4 is 5.91 Å². The minimum atomic E-state index is -0.538. The van der Waals surface area contributed by atoms with Crippen molar-refractivity contribution in [1.82, 2.24) is 5.32 Å². The Morgan fingerprint density at radius 3 is 2.44 bits per heavy atom. The average Bonchev–Trinajstić information content (AvgIpc) is 2.15. The summed E-state index contributed by atoms with van der Waals surface area (Å²) < 4.78 is 18.1. The summed E-state index contributed by atoms with van der Waals surface area (Å²) in [5.74, 6) is -0.703. The zero-order chi connectivity index (χ0) is 12.3. The number of hydrogen-bond donors (Lipinski definition) is 1. The number of carbonyl (C=O) groups is 1. The van der Waals surface area contributed by atoms with Crippen molar-refractivity contribution in [2.45, 2.75) is 26.3 Å². The van der Waals surface area contributed by atoms with Crippen molar-refractivity contribution < 1.29 is 13.9 Å². The molecule has 3 nitrogen and oxygen atoms in total. The van der Waals surface area contributed by atoms with Crippen LogP contribution in [0.5, 0.6) is 5.75 Å². The summed E-state index contributed by atoms with van der Waals surface area (Å²) in [6.07, 6.45) is 0. The van der Waals surface area contributed by atoms with Crippen molar-refractivity contribution in [3.8, 4) is 5.75 Å². The van der Waals surface area contributed by atoms with Gasteiger partial charge in [-0.25, -0.2) is 4.39 Å². The van der Waals surface area contributed by atoms with Crippen molar-refractivity contribution in [3.63, 3.8) is 0 Å². The molecule has 0 fully saturated rings. The Balaban J connectivity index is 2.89. The van der Waals surface area contributed by atoms with Crippen LogP contribution in [0.25, 0.3) is 0 Å². The van der Waals surface area contributed by atoms with Gasteiger partial charge in [-0.05, 0) is 39.0 Å². The lowest BCUT2D eigenvalue weighted by Gasteiger charge is -2.20. The van der Waals surface area contributed by atoms with Gasteiger partial charge < -0.3 is 10.1 Å². The first-order valence-electron chi connectivity index (χ1n) is 4.99. The van der Waals surface area contributed by atoms with Crippen LogP contribution in [0.15, 0.2) is 18.2 Å². The van der Waals surface area contributed by atoms with E-state index in [9.17, 15) is 9.18 Å². The van der Waals surface area contributed by atoms with Gasteiger partial charge >= 0.3 is 0 Å². The lowest BCUT2D eigenvalue weighted by Crippen LogP contribution is -2.40. The summed E-state index contributed by atoms with van der Waals surface area (Å²) in [4.78, 5) is 11.7. The van der Waals surface area contributed by atoms with Crippen molar-refractivity contribution in [1.29, 1.82) is 0 Å². The number of ether oxygens (including phenoxy) is 1. The molecule has 0 saturated heterocycles. The van der Waals surface area contributed by atoms with Crippen LogP contribution in [0.3, 0.4) is 0 Å². The van der Waals surface area contributed by atoms with E-state index in [0.29, 0.717) is 0 Å². The third kappa shape index (κ3) is 3.22. The van der Waals surface area contributed by atoms with Crippen LogP contribution in [-0.4, -0.2) is 18.6 Å². The van der Waals surface area contributed by atoms with Gasteiger partial charge in [0.2, 0.25) is 0 Å². The zero-order valence-corrected chi connectivity index (χ0v) is 9.93. The van der Waals surface area contributed by atoms with E-state index >= 15 is 0 Å².